The van der Waals surface area contributed by atoms with Crippen molar-refractivity contribution in [3.63, 3.8) is 0 Å². The number of hydrogen-bond acceptors (Lipinski definition) is 1. The second-order valence-electron chi connectivity index (χ2n) is 5.94. The van der Waals surface area contributed by atoms with E-state index >= 15 is 0 Å². The SMILES string of the molecule is CCCc1cccc(C(C)C(C)CNC2CC2)c1. The Bertz CT molecular complexity index is 368. The summed E-state index contributed by atoms with van der Waals surface area (Å²) in [5.74, 6) is 1.36. The van der Waals surface area contributed by atoms with Gasteiger partial charge < -0.3 is 5.32 Å². The van der Waals surface area contributed by atoms with Crippen molar-refractivity contribution in [1.82, 2.24) is 5.32 Å². The molecule has 0 amide bonds. The molecule has 0 aromatic heterocycles. The Balaban J connectivity index is 1.92. The van der Waals surface area contributed by atoms with Crippen LogP contribution >= 0.6 is 0 Å². The third-order valence-electron chi connectivity index (χ3n) is 4.17. The molecule has 1 aliphatic rings. The molecule has 0 aliphatic heterocycles. The van der Waals surface area contributed by atoms with Crippen molar-refractivity contribution >= 4 is 0 Å². The smallest absolute Gasteiger partial charge is 0.00683 e. The lowest BCUT2D eigenvalue weighted by Gasteiger charge is -2.21. The first kappa shape index (κ1) is 13.6. The first-order valence-electron chi connectivity index (χ1n) is 7.53. The lowest BCUT2D eigenvalue weighted by atomic mass is 9.87. The third kappa shape index (κ3) is 3.84. The van der Waals surface area contributed by atoms with Gasteiger partial charge in [0, 0.05) is 6.04 Å². The molecule has 2 atom stereocenters. The molecule has 18 heavy (non-hydrogen) atoms. The Kier molecular flexibility index (Phi) is 4.82. The normalized spacial score (nSPS) is 18.6. The zero-order valence-electron chi connectivity index (χ0n) is 12.1. The van der Waals surface area contributed by atoms with Crippen LogP contribution in [-0.4, -0.2) is 12.6 Å². The number of nitrogens with one attached hydrogen (secondary N) is 1. The van der Waals surface area contributed by atoms with Gasteiger partial charge in [0.2, 0.25) is 0 Å². The summed E-state index contributed by atoms with van der Waals surface area (Å²) in [4.78, 5) is 0. The quantitative estimate of drug-likeness (QED) is 0.761. The highest BCUT2D eigenvalue weighted by Gasteiger charge is 2.22. The van der Waals surface area contributed by atoms with E-state index in [0.29, 0.717) is 11.8 Å². The molecule has 0 bridgehead atoms. The number of hydrogen-bond donors (Lipinski definition) is 1. The van der Waals surface area contributed by atoms with Crippen molar-refractivity contribution in [3.8, 4) is 0 Å². The van der Waals surface area contributed by atoms with Crippen LogP contribution < -0.4 is 5.32 Å². The van der Waals surface area contributed by atoms with Gasteiger partial charge in [-0.25, -0.2) is 0 Å². The van der Waals surface area contributed by atoms with E-state index in [9.17, 15) is 0 Å². The zero-order chi connectivity index (χ0) is 13.0. The van der Waals surface area contributed by atoms with E-state index in [0.717, 1.165) is 12.6 Å². The van der Waals surface area contributed by atoms with Gasteiger partial charge in [0.1, 0.15) is 0 Å². The van der Waals surface area contributed by atoms with E-state index in [4.69, 9.17) is 0 Å². The molecule has 1 aliphatic carbocycles. The van der Waals surface area contributed by atoms with E-state index < -0.39 is 0 Å². The molecule has 1 nitrogen and oxygen atoms in total. The Morgan fingerprint density at radius 1 is 1.28 bits per heavy atom. The summed E-state index contributed by atoms with van der Waals surface area (Å²) < 4.78 is 0. The Labute approximate surface area is 112 Å². The van der Waals surface area contributed by atoms with Crippen LogP contribution in [0.3, 0.4) is 0 Å². The standard InChI is InChI=1S/C17H27N/c1-4-6-15-7-5-8-16(11-15)14(3)13(2)12-18-17-9-10-17/h5,7-8,11,13-14,17-18H,4,6,9-10,12H2,1-3H3. The van der Waals surface area contributed by atoms with Crippen LogP contribution in [0.5, 0.6) is 0 Å². The van der Waals surface area contributed by atoms with Gasteiger partial charge in [-0.15, -0.1) is 0 Å². The molecule has 0 radical (unpaired) electrons. The fourth-order valence-corrected chi connectivity index (χ4v) is 2.47. The molecule has 0 heterocycles. The van der Waals surface area contributed by atoms with Crippen LogP contribution in [-0.2, 0) is 6.42 Å². The monoisotopic (exact) mass is 245 g/mol. The minimum absolute atomic E-state index is 0.646. The average molecular weight is 245 g/mol. The number of aryl methyl sites for hydroxylation is 1. The highest BCUT2D eigenvalue weighted by molar-refractivity contribution is 5.26. The molecule has 1 aromatic carbocycles. The summed E-state index contributed by atoms with van der Waals surface area (Å²) in [5, 5.41) is 3.65. The topological polar surface area (TPSA) is 12.0 Å². The summed E-state index contributed by atoms with van der Waals surface area (Å²) in [6.07, 6.45) is 5.20. The van der Waals surface area contributed by atoms with Crippen LogP contribution in [0.25, 0.3) is 0 Å². The van der Waals surface area contributed by atoms with Crippen molar-refractivity contribution in [2.75, 3.05) is 6.54 Å². The van der Waals surface area contributed by atoms with Gasteiger partial charge in [0.05, 0.1) is 0 Å². The summed E-state index contributed by atoms with van der Waals surface area (Å²) >= 11 is 0. The fourth-order valence-electron chi connectivity index (χ4n) is 2.47. The Morgan fingerprint density at radius 2 is 2.06 bits per heavy atom. The van der Waals surface area contributed by atoms with Crippen LogP contribution in [0.1, 0.15) is 57.1 Å². The van der Waals surface area contributed by atoms with Crippen molar-refractivity contribution in [1.29, 1.82) is 0 Å². The second kappa shape index (κ2) is 6.38. The molecular formula is C17H27N. The van der Waals surface area contributed by atoms with E-state index in [-0.39, 0.29) is 0 Å². The maximum absolute atomic E-state index is 3.65. The minimum atomic E-state index is 0.646. The fraction of sp³-hybridized carbons (Fsp3) is 0.647. The predicted octanol–water partition coefficient (Wildman–Crippen LogP) is 4.13. The van der Waals surface area contributed by atoms with Gasteiger partial charge in [-0.1, -0.05) is 51.5 Å². The largest absolute Gasteiger partial charge is 0.314 e. The summed E-state index contributed by atoms with van der Waals surface area (Å²) in [5.41, 5.74) is 3.00. The molecule has 1 N–H and O–H groups in total. The lowest BCUT2D eigenvalue weighted by Crippen LogP contribution is -2.26. The number of rotatable bonds is 7. The highest BCUT2D eigenvalue weighted by atomic mass is 14.9. The van der Waals surface area contributed by atoms with Crippen LogP contribution in [0.2, 0.25) is 0 Å². The summed E-state index contributed by atoms with van der Waals surface area (Å²) in [6.45, 7) is 8.14. The minimum Gasteiger partial charge on any atom is -0.314 e. The number of benzene rings is 1. The molecule has 1 aromatic rings. The molecule has 1 saturated carbocycles. The van der Waals surface area contributed by atoms with Crippen LogP contribution in [0, 0.1) is 5.92 Å². The highest BCUT2D eigenvalue weighted by Crippen LogP contribution is 2.26. The van der Waals surface area contributed by atoms with E-state index in [2.05, 4.69) is 50.4 Å². The molecule has 0 spiro atoms. The summed E-state index contributed by atoms with van der Waals surface area (Å²) in [7, 11) is 0. The second-order valence-corrected chi connectivity index (χ2v) is 5.94. The van der Waals surface area contributed by atoms with Gasteiger partial charge in [-0.3, -0.25) is 0 Å². The van der Waals surface area contributed by atoms with Gasteiger partial charge in [-0.2, -0.15) is 0 Å². The average Bonchev–Trinajstić information content (AvgIpc) is 3.20. The zero-order valence-corrected chi connectivity index (χ0v) is 12.1. The Morgan fingerprint density at radius 3 is 2.72 bits per heavy atom. The third-order valence-corrected chi connectivity index (χ3v) is 4.17. The van der Waals surface area contributed by atoms with Gasteiger partial charge in [0.25, 0.3) is 0 Å². The first-order chi connectivity index (χ1) is 8.70. The predicted molar refractivity (Wildman–Crippen MR) is 79.0 cm³/mol. The van der Waals surface area contributed by atoms with E-state index in [1.807, 2.05) is 0 Å². The molecule has 2 unspecified atom stereocenters. The maximum Gasteiger partial charge on any atom is 0.00683 e. The molecule has 100 valence electrons. The van der Waals surface area contributed by atoms with Crippen LogP contribution in [0.4, 0.5) is 0 Å². The van der Waals surface area contributed by atoms with Crippen LogP contribution in [0.15, 0.2) is 24.3 Å². The van der Waals surface area contributed by atoms with E-state index in [1.165, 1.54) is 36.8 Å². The van der Waals surface area contributed by atoms with Crippen molar-refractivity contribution in [2.24, 2.45) is 5.92 Å². The van der Waals surface area contributed by atoms with Gasteiger partial charge >= 0.3 is 0 Å². The van der Waals surface area contributed by atoms with E-state index in [1.54, 1.807) is 0 Å². The van der Waals surface area contributed by atoms with Gasteiger partial charge in [0.15, 0.2) is 0 Å². The molecule has 0 saturated heterocycles. The summed E-state index contributed by atoms with van der Waals surface area (Å²) in [6, 6.07) is 10.00. The molecule has 1 heteroatoms. The molecule has 1 fully saturated rings. The first-order valence-corrected chi connectivity index (χ1v) is 7.53. The van der Waals surface area contributed by atoms with Crippen molar-refractivity contribution in [3.05, 3.63) is 35.4 Å². The van der Waals surface area contributed by atoms with Crippen molar-refractivity contribution < 1.29 is 0 Å². The maximum atomic E-state index is 3.65. The van der Waals surface area contributed by atoms with Crippen molar-refractivity contribution in [2.45, 2.75) is 58.4 Å². The lowest BCUT2D eigenvalue weighted by molar-refractivity contribution is 0.446. The Hall–Kier alpha value is -0.820. The molecule has 2 rings (SSSR count). The molecular weight excluding hydrogens is 218 g/mol. The van der Waals surface area contributed by atoms with Gasteiger partial charge in [-0.05, 0) is 48.8 Å².